The molecule has 1 heterocycles. The molecule has 1 atom stereocenters. The Hall–Kier alpha value is -2.93. The highest BCUT2D eigenvalue weighted by molar-refractivity contribution is 9.10. The van der Waals surface area contributed by atoms with Crippen molar-refractivity contribution in [1.29, 1.82) is 0 Å². The standard InChI is InChI=1S/C23H23BrN4O2/c1-15-20(14-25-28(15)19-11-7-17(24)8-12-19)22(29)27-21(23(30)26-18-9-10-18)13-16-5-3-2-4-6-16/h2-8,11-12,14,18,21H,9-10,13H2,1H3,(H,26,30)(H,27,29). The average Bonchev–Trinajstić information content (AvgIpc) is 3.48. The molecule has 6 nitrogen and oxygen atoms in total. The molecule has 4 rings (SSSR count). The van der Waals surface area contributed by atoms with Crippen LogP contribution in [0.25, 0.3) is 5.69 Å². The highest BCUT2D eigenvalue weighted by Crippen LogP contribution is 2.20. The van der Waals surface area contributed by atoms with Gasteiger partial charge >= 0.3 is 0 Å². The fraction of sp³-hybridized carbons (Fsp3) is 0.261. The van der Waals surface area contributed by atoms with Gasteiger partial charge in [-0.25, -0.2) is 4.68 Å². The van der Waals surface area contributed by atoms with Crippen molar-refractivity contribution in [3.05, 3.63) is 82.1 Å². The summed E-state index contributed by atoms with van der Waals surface area (Å²) >= 11 is 3.42. The lowest BCUT2D eigenvalue weighted by molar-refractivity contribution is -0.123. The van der Waals surface area contributed by atoms with Crippen LogP contribution in [0.4, 0.5) is 0 Å². The van der Waals surface area contributed by atoms with Crippen molar-refractivity contribution in [3.63, 3.8) is 0 Å². The molecular formula is C23H23BrN4O2. The van der Waals surface area contributed by atoms with Crippen molar-refractivity contribution in [3.8, 4) is 5.69 Å². The molecule has 30 heavy (non-hydrogen) atoms. The fourth-order valence-corrected chi connectivity index (χ4v) is 3.56. The molecule has 1 fully saturated rings. The molecule has 0 radical (unpaired) electrons. The Kier molecular flexibility index (Phi) is 5.99. The van der Waals surface area contributed by atoms with Gasteiger partial charge in [-0.1, -0.05) is 46.3 Å². The molecule has 0 saturated heterocycles. The predicted octanol–water partition coefficient (Wildman–Crippen LogP) is 3.56. The Labute approximate surface area is 183 Å². The highest BCUT2D eigenvalue weighted by atomic mass is 79.9. The molecular weight excluding hydrogens is 444 g/mol. The van der Waals surface area contributed by atoms with Crippen LogP contribution in [0.5, 0.6) is 0 Å². The third-order valence-electron chi connectivity index (χ3n) is 5.15. The second-order valence-electron chi connectivity index (χ2n) is 7.53. The number of aromatic nitrogens is 2. The van der Waals surface area contributed by atoms with Gasteiger partial charge in [0, 0.05) is 16.9 Å². The van der Waals surface area contributed by atoms with Gasteiger partial charge in [0.05, 0.1) is 23.1 Å². The third kappa shape index (κ3) is 4.79. The second-order valence-corrected chi connectivity index (χ2v) is 8.45. The molecule has 2 N–H and O–H groups in total. The summed E-state index contributed by atoms with van der Waals surface area (Å²) in [7, 11) is 0. The van der Waals surface area contributed by atoms with E-state index in [1.165, 1.54) is 0 Å². The lowest BCUT2D eigenvalue weighted by atomic mass is 10.0. The maximum absolute atomic E-state index is 13.0. The summed E-state index contributed by atoms with van der Waals surface area (Å²) in [6.07, 6.45) is 3.98. The number of carbonyl (C=O) groups excluding carboxylic acids is 2. The van der Waals surface area contributed by atoms with Gasteiger partial charge < -0.3 is 10.6 Å². The van der Waals surface area contributed by atoms with Crippen molar-refractivity contribution < 1.29 is 9.59 Å². The Balaban J connectivity index is 1.53. The number of benzene rings is 2. The van der Waals surface area contributed by atoms with E-state index in [-0.39, 0.29) is 17.9 Å². The normalized spacial score (nSPS) is 14.2. The minimum atomic E-state index is -0.643. The monoisotopic (exact) mass is 466 g/mol. The maximum Gasteiger partial charge on any atom is 0.255 e. The molecule has 2 aromatic carbocycles. The van der Waals surface area contributed by atoms with Gasteiger partial charge in [0.2, 0.25) is 5.91 Å². The van der Waals surface area contributed by atoms with Crippen LogP contribution < -0.4 is 10.6 Å². The predicted molar refractivity (Wildman–Crippen MR) is 119 cm³/mol. The summed E-state index contributed by atoms with van der Waals surface area (Å²) in [5.41, 5.74) is 3.03. The molecule has 2 amide bonds. The van der Waals surface area contributed by atoms with E-state index >= 15 is 0 Å². The first-order valence-corrected chi connectivity index (χ1v) is 10.8. The topological polar surface area (TPSA) is 76.0 Å². The lowest BCUT2D eigenvalue weighted by Crippen LogP contribution is -2.48. The molecule has 1 aliphatic carbocycles. The number of carbonyl (C=O) groups is 2. The zero-order valence-electron chi connectivity index (χ0n) is 16.6. The summed E-state index contributed by atoms with van der Waals surface area (Å²) in [5.74, 6) is -0.449. The molecule has 1 aliphatic rings. The van der Waals surface area contributed by atoms with E-state index < -0.39 is 6.04 Å². The molecule has 0 aliphatic heterocycles. The fourth-order valence-electron chi connectivity index (χ4n) is 3.30. The van der Waals surface area contributed by atoms with E-state index in [2.05, 4.69) is 31.7 Å². The summed E-state index contributed by atoms with van der Waals surface area (Å²) in [4.78, 5) is 25.8. The van der Waals surface area contributed by atoms with Crippen LogP contribution in [0.3, 0.4) is 0 Å². The van der Waals surface area contributed by atoms with Gasteiger partial charge in [-0.05, 0) is 49.6 Å². The first kappa shape index (κ1) is 20.3. The first-order valence-electron chi connectivity index (χ1n) is 9.97. The molecule has 7 heteroatoms. The number of nitrogens with zero attached hydrogens (tertiary/aromatic N) is 2. The van der Waals surface area contributed by atoms with Gasteiger partial charge in [0.25, 0.3) is 5.91 Å². The first-order chi connectivity index (χ1) is 14.5. The average molecular weight is 467 g/mol. The number of rotatable bonds is 7. The van der Waals surface area contributed by atoms with Gasteiger partial charge in [0.15, 0.2) is 0 Å². The summed E-state index contributed by atoms with van der Waals surface area (Å²) < 4.78 is 2.69. The summed E-state index contributed by atoms with van der Waals surface area (Å²) in [5, 5.41) is 10.3. The van der Waals surface area contributed by atoms with Gasteiger partial charge in [-0.15, -0.1) is 0 Å². The lowest BCUT2D eigenvalue weighted by Gasteiger charge is -2.18. The Morgan fingerprint density at radius 3 is 2.50 bits per heavy atom. The summed E-state index contributed by atoms with van der Waals surface area (Å²) in [6, 6.07) is 17.0. The molecule has 0 spiro atoms. The number of amides is 2. The number of nitrogens with one attached hydrogen (secondary N) is 2. The number of hydrogen-bond acceptors (Lipinski definition) is 3. The minimum absolute atomic E-state index is 0.146. The van der Waals surface area contributed by atoms with E-state index in [0.717, 1.165) is 34.3 Å². The Bertz CT molecular complexity index is 1040. The molecule has 154 valence electrons. The van der Waals surface area contributed by atoms with Crippen LogP contribution in [0.15, 0.2) is 65.3 Å². The van der Waals surface area contributed by atoms with Gasteiger partial charge in [0.1, 0.15) is 6.04 Å². The molecule has 1 aromatic heterocycles. The van der Waals surface area contributed by atoms with Crippen LogP contribution in [0.2, 0.25) is 0 Å². The van der Waals surface area contributed by atoms with E-state index in [1.807, 2.05) is 61.5 Å². The van der Waals surface area contributed by atoms with Crippen LogP contribution >= 0.6 is 15.9 Å². The van der Waals surface area contributed by atoms with E-state index in [1.54, 1.807) is 10.9 Å². The Morgan fingerprint density at radius 2 is 1.83 bits per heavy atom. The van der Waals surface area contributed by atoms with Crippen LogP contribution in [-0.2, 0) is 11.2 Å². The largest absolute Gasteiger partial charge is 0.352 e. The zero-order chi connectivity index (χ0) is 21.1. The maximum atomic E-state index is 13.0. The van der Waals surface area contributed by atoms with Gasteiger partial charge in [-0.3, -0.25) is 9.59 Å². The van der Waals surface area contributed by atoms with Crippen molar-refractivity contribution >= 4 is 27.7 Å². The summed E-state index contributed by atoms with van der Waals surface area (Å²) in [6.45, 7) is 1.85. The van der Waals surface area contributed by atoms with Crippen LogP contribution in [0.1, 0.15) is 34.5 Å². The van der Waals surface area contributed by atoms with E-state index in [4.69, 9.17) is 0 Å². The quantitative estimate of drug-likeness (QED) is 0.558. The number of halogens is 1. The zero-order valence-corrected chi connectivity index (χ0v) is 18.2. The minimum Gasteiger partial charge on any atom is -0.352 e. The van der Waals surface area contributed by atoms with Crippen LogP contribution in [0, 0.1) is 6.92 Å². The Morgan fingerprint density at radius 1 is 1.13 bits per heavy atom. The molecule has 1 unspecified atom stereocenters. The van der Waals surface area contributed by atoms with Crippen LogP contribution in [-0.4, -0.2) is 33.7 Å². The molecule has 3 aromatic rings. The molecule has 0 bridgehead atoms. The van der Waals surface area contributed by atoms with Crippen molar-refractivity contribution in [2.75, 3.05) is 0 Å². The third-order valence-corrected chi connectivity index (χ3v) is 5.68. The highest BCUT2D eigenvalue weighted by Gasteiger charge is 2.29. The second kappa shape index (κ2) is 8.83. The van der Waals surface area contributed by atoms with Crippen molar-refractivity contribution in [2.24, 2.45) is 0 Å². The van der Waals surface area contributed by atoms with Crippen molar-refractivity contribution in [1.82, 2.24) is 20.4 Å². The van der Waals surface area contributed by atoms with Gasteiger partial charge in [-0.2, -0.15) is 5.10 Å². The smallest absolute Gasteiger partial charge is 0.255 e. The van der Waals surface area contributed by atoms with Crippen molar-refractivity contribution in [2.45, 2.75) is 38.3 Å². The SMILES string of the molecule is Cc1c(C(=O)NC(Cc2ccccc2)C(=O)NC2CC2)cnn1-c1ccc(Br)cc1. The molecule has 1 saturated carbocycles. The van der Waals surface area contributed by atoms with E-state index in [0.29, 0.717) is 12.0 Å². The number of hydrogen-bond donors (Lipinski definition) is 2. The van der Waals surface area contributed by atoms with E-state index in [9.17, 15) is 9.59 Å².